The average Bonchev–Trinajstić information content (AvgIpc) is 2.78. The van der Waals surface area contributed by atoms with Crippen LogP contribution in [0.1, 0.15) is 46.3 Å². The normalized spacial score (nSPS) is 16.8. The third kappa shape index (κ3) is 4.53. The number of aryl methyl sites for hydroxylation is 1. The van der Waals surface area contributed by atoms with Crippen LogP contribution in [-0.4, -0.2) is 43.8 Å². The molecule has 32 heavy (non-hydrogen) atoms. The maximum Gasteiger partial charge on any atom is 0.434 e. The fourth-order valence-corrected chi connectivity index (χ4v) is 3.90. The minimum absolute atomic E-state index is 0.0753. The van der Waals surface area contributed by atoms with Crippen LogP contribution in [0.3, 0.4) is 0 Å². The van der Waals surface area contributed by atoms with Gasteiger partial charge in [-0.05, 0) is 38.0 Å². The number of carbonyl (C=O) groups excluding carboxylic acids is 1. The standard InChI is InChI=1S/C22H21F3N6O/c1-13-28-17(10-18(29-13)16-11-27-21(26)30-19(16)22(23,24)25)15-8-5-9-31(12-15)20(32)14-6-3-2-4-7-14/h2-4,6-7,10-11,15H,5,8-9,12H2,1H3,(H2,26,27,30). The van der Waals surface area contributed by atoms with Gasteiger partial charge in [-0.15, -0.1) is 0 Å². The molecule has 1 aliphatic rings. The van der Waals surface area contributed by atoms with E-state index < -0.39 is 17.8 Å². The number of hydrogen-bond donors (Lipinski definition) is 1. The minimum atomic E-state index is -4.71. The van der Waals surface area contributed by atoms with E-state index in [4.69, 9.17) is 5.73 Å². The number of rotatable bonds is 3. The van der Waals surface area contributed by atoms with E-state index in [1.807, 2.05) is 18.2 Å². The second kappa shape index (κ2) is 8.52. The first-order valence-electron chi connectivity index (χ1n) is 10.1. The number of alkyl halides is 3. The van der Waals surface area contributed by atoms with Crippen molar-refractivity contribution in [3.63, 3.8) is 0 Å². The van der Waals surface area contributed by atoms with Gasteiger partial charge in [-0.25, -0.2) is 19.9 Å². The molecule has 1 aliphatic heterocycles. The van der Waals surface area contributed by atoms with Crippen molar-refractivity contribution in [2.24, 2.45) is 0 Å². The Morgan fingerprint density at radius 2 is 1.91 bits per heavy atom. The summed E-state index contributed by atoms with van der Waals surface area (Å²) in [5, 5.41) is 0. The Kier molecular flexibility index (Phi) is 5.77. The van der Waals surface area contributed by atoms with Crippen molar-refractivity contribution < 1.29 is 18.0 Å². The molecular weight excluding hydrogens is 421 g/mol. The van der Waals surface area contributed by atoms with Gasteiger partial charge >= 0.3 is 6.18 Å². The molecule has 2 aromatic heterocycles. The Morgan fingerprint density at radius 3 is 2.62 bits per heavy atom. The van der Waals surface area contributed by atoms with Crippen molar-refractivity contribution in [1.29, 1.82) is 0 Å². The van der Waals surface area contributed by atoms with Gasteiger partial charge in [0.1, 0.15) is 5.82 Å². The number of nitrogen functional groups attached to an aromatic ring is 1. The summed E-state index contributed by atoms with van der Waals surface area (Å²) < 4.78 is 40.6. The molecule has 0 saturated carbocycles. The molecule has 3 heterocycles. The van der Waals surface area contributed by atoms with Crippen LogP contribution in [0.4, 0.5) is 19.1 Å². The van der Waals surface area contributed by atoms with Crippen molar-refractivity contribution in [3.05, 3.63) is 65.4 Å². The third-order valence-corrected chi connectivity index (χ3v) is 5.36. The maximum absolute atomic E-state index is 13.5. The van der Waals surface area contributed by atoms with Crippen molar-refractivity contribution in [1.82, 2.24) is 24.8 Å². The Morgan fingerprint density at radius 1 is 1.16 bits per heavy atom. The fourth-order valence-electron chi connectivity index (χ4n) is 3.90. The van der Waals surface area contributed by atoms with E-state index in [2.05, 4.69) is 19.9 Å². The highest BCUT2D eigenvalue weighted by Crippen LogP contribution is 2.36. The number of hydrogen-bond acceptors (Lipinski definition) is 6. The Balaban J connectivity index is 1.66. The molecule has 1 fully saturated rings. The topological polar surface area (TPSA) is 97.9 Å². The summed E-state index contributed by atoms with van der Waals surface area (Å²) in [4.78, 5) is 30.4. The van der Waals surface area contributed by atoms with Gasteiger partial charge in [0.25, 0.3) is 5.91 Å². The summed E-state index contributed by atoms with van der Waals surface area (Å²) in [6.45, 7) is 2.66. The van der Waals surface area contributed by atoms with E-state index in [0.29, 0.717) is 30.2 Å². The predicted octanol–water partition coefficient (Wildman–Crippen LogP) is 3.86. The van der Waals surface area contributed by atoms with Crippen molar-refractivity contribution in [3.8, 4) is 11.3 Å². The predicted molar refractivity (Wildman–Crippen MR) is 112 cm³/mol. The van der Waals surface area contributed by atoms with Crippen LogP contribution in [0.15, 0.2) is 42.6 Å². The molecule has 0 aliphatic carbocycles. The highest BCUT2D eigenvalue weighted by atomic mass is 19.4. The van der Waals surface area contributed by atoms with Crippen LogP contribution in [0.5, 0.6) is 0 Å². The summed E-state index contributed by atoms with van der Waals surface area (Å²) in [5.41, 5.74) is 5.24. The van der Waals surface area contributed by atoms with Crippen LogP contribution in [-0.2, 0) is 6.18 Å². The number of carbonyl (C=O) groups is 1. The number of aromatic nitrogens is 4. The second-order valence-electron chi connectivity index (χ2n) is 7.67. The van der Waals surface area contributed by atoms with E-state index in [-0.39, 0.29) is 23.1 Å². The SMILES string of the molecule is Cc1nc(-c2cnc(N)nc2C(F)(F)F)cc(C2CCCN(C(=O)c3ccccc3)C2)n1. The molecule has 1 aromatic carbocycles. The summed E-state index contributed by atoms with van der Waals surface area (Å²) in [6.07, 6.45) is -2.16. The largest absolute Gasteiger partial charge is 0.434 e. The molecule has 10 heteroatoms. The number of nitrogens with zero attached hydrogens (tertiary/aromatic N) is 5. The van der Waals surface area contributed by atoms with Crippen LogP contribution < -0.4 is 5.73 Å². The lowest BCUT2D eigenvalue weighted by molar-refractivity contribution is -0.140. The Hall–Kier alpha value is -3.56. The zero-order valence-electron chi connectivity index (χ0n) is 17.3. The van der Waals surface area contributed by atoms with Crippen LogP contribution in [0.2, 0.25) is 0 Å². The molecule has 7 nitrogen and oxygen atoms in total. The van der Waals surface area contributed by atoms with Gasteiger partial charge in [0.15, 0.2) is 5.69 Å². The molecule has 0 spiro atoms. The van der Waals surface area contributed by atoms with Crippen LogP contribution in [0.25, 0.3) is 11.3 Å². The lowest BCUT2D eigenvalue weighted by Gasteiger charge is -2.32. The lowest BCUT2D eigenvalue weighted by Crippen LogP contribution is -2.39. The van der Waals surface area contributed by atoms with Gasteiger partial charge in [0, 0.05) is 42.0 Å². The molecule has 1 unspecified atom stereocenters. The number of benzene rings is 1. The number of piperidine rings is 1. The summed E-state index contributed by atoms with van der Waals surface area (Å²) >= 11 is 0. The number of halogens is 3. The van der Waals surface area contributed by atoms with Crippen molar-refractivity contribution >= 4 is 11.9 Å². The average molecular weight is 442 g/mol. The maximum atomic E-state index is 13.5. The second-order valence-corrected chi connectivity index (χ2v) is 7.67. The summed E-state index contributed by atoms with van der Waals surface area (Å²) in [7, 11) is 0. The van der Waals surface area contributed by atoms with Gasteiger partial charge in [0.2, 0.25) is 5.95 Å². The molecule has 1 saturated heterocycles. The van der Waals surface area contributed by atoms with E-state index >= 15 is 0 Å². The number of nitrogens with two attached hydrogens (primary N) is 1. The molecule has 0 radical (unpaired) electrons. The summed E-state index contributed by atoms with van der Waals surface area (Å²) in [6, 6.07) is 10.5. The van der Waals surface area contributed by atoms with Gasteiger partial charge in [-0.2, -0.15) is 13.2 Å². The van der Waals surface area contributed by atoms with Gasteiger partial charge in [-0.3, -0.25) is 4.79 Å². The highest BCUT2D eigenvalue weighted by Gasteiger charge is 2.37. The van der Waals surface area contributed by atoms with Gasteiger partial charge < -0.3 is 10.6 Å². The quantitative estimate of drug-likeness (QED) is 0.662. The Bertz CT molecular complexity index is 1140. The number of amides is 1. The van der Waals surface area contributed by atoms with Crippen molar-refractivity contribution in [2.75, 3.05) is 18.8 Å². The molecule has 1 atom stereocenters. The fraction of sp³-hybridized carbons (Fsp3) is 0.318. The van der Waals surface area contributed by atoms with Crippen molar-refractivity contribution in [2.45, 2.75) is 31.9 Å². The Labute approximate surface area is 182 Å². The zero-order valence-corrected chi connectivity index (χ0v) is 17.3. The third-order valence-electron chi connectivity index (χ3n) is 5.36. The van der Waals surface area contributed by atoms with Crippen LogP contribution >= 0.6 is 0 Å². The van der Waals surface area contributed by atoms with Gasteiger partial charge in [-0.1, -0.05) is 18.2 Å². The molecule has 2 N–H and O–H groups in total. The number of anilines is 1. The molecule has 4 rings (SSSR count). The summed E-state index contributed by atoms with van der Waals surface area (Å²) in [5.74, 6) is -0.336. The monoisotopic (exact) mass is 442 g/mol. The molecule has 166 valence electrons. The first kappa shape index (κ1) is 21.7. The minimum Gasteiger partial charge on any atom is -0.368 e. The lowest BCUT2D eigenvalue weighted by atomic mass is 9.93. The first-order valence-corrected chi connectivity index (χ1v) is 10.1. The number of likely N-dealkylation sites (tertiary alicyclic amines) is 1. The van der Waals surface area contributed by atoms with E-state index in [1.165, 1.54) is 6.07 Å². The van der Waals surface area contributed by atoms with E-state index in [0.717, 1.165) is 19.0 Å². The highest BCUT2D eigenvalue weighted by molar-refractivity contribution is 5.94. The smallest absolute Gasteiger partial charge is 0.368 e. The molecular formula is C22H21F3N6O. The molecule has 3 aromatic rings. The van der Waals surface area contributed by atoms with Gasteiger partial charge in [0.05, 0.1) is 5.69 Å². The molecule has 0 bridgehead atoms. The zero-order chi connectivity index (χ0) is 22.9. The van der Waals surface area contributed by atoms with E-state index in [9.17, 15) is 18.0 Å². The van der Waals surface area contributed by atoms with Crippen LogP contribution in [0, 0.1) is 6.92 Å². The first-order chi connectivity index (χ1) is 15.2. The van der Waals surface area contributed by atoms with E-state index in [1.54, 1.807) is 24.0 Å². The molecule has 1 amide bonds.